The first kappa shape index (κ1) is 17.2. The lowest BCUT2D eigenvalue weighted by Crippen LogP contribution is -2.44. The van der Waals surface area contributed by atoms with Gasteiger partial charge in [0.1, 0.15) is 5.69 Å². The van der Waals surface area contributed by atoms with Gasteiger partial charge in [-0.3, -0.25) is 9.78 Å². The Hall–Kier alpha value is -0.840. The van der Waals surface area contributed by atoms with Crippen molar-refractivity contribution in [2.75, 3.05) is 20.1 Å². The molecule has 1 saturated heterocycles. The quantitative estimate of drug-likeness (QED) is 0.903. The third kappa shape index (κ3) is 4.12. The maximum absolute atomic E-state index is 12.1. The summed E-state index contributed by atoms with van der Waals surface area (Å²) in [7, 11) is 1.87. The maximum atomic E-state index is 12.1. The highest BCUT2D eigenvalue weighted by Crippen LogP contribution is 2.12. The summed E-state index contributed by atoms with van der Waals surface area (Å²) in [5.41, 5.74) is 0.531. The van der Waals surface area contributed by atoms with E-state index in [1.165, 1.54) is 0 Å². The van der Waals surface area contributed by atoms with Crippen molar-refractivity contribution in [1.82, 2.24) is 15.2 Å². The van der Waals surface area contributed by atoms with Crippen molar-refractivity contribution in [3.8, 4) is 0 Å². The average Bonchev–Trinajstić information content (AvgIpc) is 2.39. The molecule has 1 fully saturated rings. The number of hydrogen-bond donors (Lipinski definition) is 1. The molecule has 0 spiro atoms. The summed E-state index contributed by atoms with van der Waals surface area (Å²) < 4.78 is 0. The summed E-state index contributed by atoms with van der Waals surface area (Å²) in [5.74, 6) is 0.0208. The molecule has 0 bridgehead atoms. The van der Waals surface area contributed by atoms with E-state index in [2.05, 4.69) is 10.3 Å². The van der Waals surface area contributed by atoms with Crippen LogP contribution in [0.2, 0.25) is 0 Å². The smallest absolute Gasteiger partial charge is 0.272 e. The predicted octanol–water partition coefficient (Wildman–Crippen LogP) is 1.75. The second-order valence-corrected chi connectivity index (χ2v) is 4.11. The van der Waals surface area contributed by atoms with Gasteiger partial charge < -0.3 is 10.2 Å². The monoisotopic (exact) mass is 291 g/mol. The van der Waals surface area contributed by atoms with E-state index < -0.39 is 0 Å². The highest BCUT2D eigenvalue weighted by Gasteiger charge is 2.23. The molecule has 0 saturated carbocycles. The average molecular weight is 292 g/mol. The summed E-state index contributed by atoms with van der Waals surface area (Å²) in [5, 5.41) is 3.29. The highest BCUT2D eigenvalue weighted by molar-refractivity contribution is 5.92. The normalized spacial score (nSPS) is 15.2. The molecule has 18 heavy (non-hydrogen) atoms. The number of halogens is 2. The van der Waals surface area contributed by atoms with Crippen LogP contribution in [0.4, 0.5) is 0 Å². The zero-order chi connectivity index (χ0) is 11.4. The molecule has 1 aromatic rings. The topological polar surface area (TPSA) is 45.2 Å². The molecule has 0 aromatic carbocycles. The van der Waals surface area contributed by atoms with Crippen molar-refractivity contribution in [1.29, 1.82) is 0 Å². The first-order valence-electron chi connectivity index (χ1n) is 5.68. The van der Waals surface area contributed by atoms with Crippen LogP contribution in [0, 0.1) is 0 Å². The number of nitrogens with zero attached hydrogens (tertiary/aromatic N) is 2. The van der Waals surface area contributed by atoms with Gasteiger partial charge in [-0.2, -0.15) is 0 Å². The Balaban J connectivity index is 0.00000144. The number of rotatable bonds is 2. The van der Waals surface area contributed by atoms with Crippen LogP contribution < -0.4 is 5.32 Å². The number of hydrogen-bond acceptors (Lipinski definition) is 3. The molecular weight excluding hydrogens is 273 g/mol. The number of aromatic nitrogens is 1. The molecular formula is C12H19Cl2N3O. The van der Waals surface area contributed by atoms with E-state index >= 15 is 0 Å². The summed E-state index contributed by atoms with van der Waals surface area (Å²) in [6.45, 7) is 1.98. The van der Waals surface area contributed by atoms with Crippen molar-refractivity contribution in [3.63, 3.8) is 0 Å². The first-order valence-corrected chi connectivity index (χ1v) is 5.68. The SMILES string of the molecule is CN(C(=O)c1ccccn1)C1CCNCC1.Cl.Cl. The van der Waals surface area contributed by atoms with Crippen LogP contribution in [-0.4, -0.2) is 42.0 Å². The predicted molar refractivity (Wildman–Crippen MR) is 76.7 cm³/mol. The lowest BCUT2D eigenvalue weighted by Gasteiger charge is -2.31. The summed E-state index contributed by atoms with van der Waals surface area (Å²) in [6.07, 6.45) is 3.70. The molecule has 0 atom stereocenters. The van der Waals surface area contributed by atoms with Crippen LogP contribution in [0.1, 0.15) is 23.3 Å². The maximum Gasteiger partial charge on any atom is 0.272 e. The Morgan fingerprint density at radius 2 is 2.00 bits per heavy atom. The Labute approximate surface area is 120 Å². The first-order chi connectivity index (χ1) is 7.79. The minimum Gasteiger partial charge on any atom is -0.337 e. The molecule has 0 aliphatic carbocycles. The lowest BCUT2D eigenvalue weighted by atomic mass is 10.1. The van der Waals surface area contributed by atoms with Gasteiger partial charge in [-0.25, -0.2) is 0 Å². The van der Waals surface area contributed by atoms with Crippen molar-refractivity contribution < 1.29 is 4.79 Å². The second kappa shape index (κ2) is 8.29. The van der Waals surface area contributed by atoms with Crippen LogP contribution in [0.5, 0.6) is 0 Å². The lowest BCUT2D eigenvalue weighted by molar-refractivity contribution is 0.0697. The van der Waals surface area contributed by atoms with Crippen molar-refractivity contribution >= 4 is 30.7 Å². The number of pyridine rings is 1. The van der Waals surface area contributed by atoms with E-state index in [0.717, 1.165) is 25.9 Å². The van der Waals surface area contributed by atoms with Gasteiger partial charge in [-0.05, 0) is 38.1 Å². The van der Waals surface area contributed by atoms with Gasteiger partial charge in [-0.1, -0.05) is 6.07 Å². The zero-order valence-electron chi connectivity index (χ0n) is 10.3. The van der Waals surface area contributed by atoms with Gasteiger partial charge in [0.2, 0.25) is 0 Å². The van der Waals surface area contributed by atoms with E-state index in [4.69, 9.17) is 0 Å². The summed E-state index contributed by atoms with van der Waals surface area (Å²) >= 11 is 0. The molecule has 0 unspecified atom stereocenters. The third-order valence-corrected chi connectivity index (χ3v) is 3.06. The molecule has 1 aromatic heterocycles. The van der Waals surface area contributed by atoms with Gasteiger partial charge in [0.15, 0.2) is 0 Å². The molecule has 0 radical (unpaired) electrons. The molecule has 102 valence electrons. The number of carbonyl (C=O) groups excluding carboxylic acids is 1. The highest BCUT2D eigenvalue weighted by atomic mass is 35.5. The second-order valence-electron chi connectivity index (χ2n) is 4.11. The molecule has 1 amide bonds. The standard InChI is InChI=1S/C12H17N3O.2ClH/c1-15(10-5-8-13-9-6-10)12(16)11-4-2-3-7-14-11;;/h2-4,7,10,13H,5-6,8-9H2,1H3;2*1H. The van der Waals surface area contributed by atoms with Crippen LogP contribution in [0.3, 0.4) is 0 Å². The van der Waals surface area contributed by atoms with Gasteiger partial charge in [0, 0.05) is 19.3 Å². The Morgan fingerprint density at radius 3 is 2.56 bits per heavy atom. The van der Waals surface area contributed by atoms with Crippen molar-refractivity contribution in [3.05, 3.63) is 30.1 Å². The minimum atomic E-state index is 0. The fraction of sp³-hybridized carbons (Fsp3) is 0.500. The largest absolute Gasteiger partial charge is 0.337 e. The molecule has 1 aliphatic rings. The number of piperidine rings is 1. The molecule has 1 aliphatic heterocycles. The van der Waals surface area contributed by atoms with Gasteiger partial charge in [0.05, 0.1) is 0 Å². The van der Waals surface area contributed by atoms with E-state index in [1.807, 2.05) is 24.1 Å². The Bertz CT molecular complexity index is 356. The van der Waals surface area contributed by atoms with Crippen molar-refractivity contribution in [2.45, 2.75) is 18.9 Å². The minimum absolute atomic E-state index is 0. The Morgan fingerprint density at radius 1 is 1.33 bits per heavy atom. The number of nitrogens with one attached hydrogen (secondary N) is 1. The molecule has 2 heterocycles. The van der Waals surface area contributed by atoms with E-state index in [1.54, 1.807) is 12.3 Å². The summed E-state index contributed by atoms with van der Waals surface area (Å²) in [6, 6.07) is 5.77. The molecule has 2 rings (SSSR count). The van der Waals surface area contributed by atoms with E-state index in [9.17, 15) is 4.79 Å². The fourth-order valence-electron chi connectivity index (χ4n) is 2.03. The zero-order valence-corrected chi connectivity index (χ0v) is 12.0. The van der Waals surface area contributed by atoms with E-state index in [-0.39, 0.29) is 30.7 Å². The number of carbonyl (C=O) groups is 1. The summed E-state index contributed by atoms with van der Waals surface area (Å²) in [4.78, 5) is 18.0. The van der Waals surface area contributed by atoms with E-state index in [0.29, 0.717) is 11.7 Å². The van der Waals surface area contributed by atoms with Crippen LogP contribution >= 0.6 is 24.8 Å². The fourth-order valence-corrected chi connectivity index (χ4v) is 2.03. The van der Waals surface area contributed by atoms with Gasteiger partial charge >= 0.3 is 0 Å². The van der Waals surface area contributed by atoms with Crippen LogP contribution in [0.15, 0.2) is 24.4 Å². The van der Waals surface area contributed by atoms with Crippen LogP contribution in [0.25, 0.3) is 0 Å². The van der Waals surface area contributed by atoms with Crippen LogP contribution in [-0.2, 0) is 0 Å². The molecule has 1 N–H and O–H groups in total. The third-order valence-electron chi connectivity index (χ3n) is 3.06. The van der Waals surface area contributed by atoms with Gasteiger partial charge in [0.25, 0.3) is 5.91 Å². The van der Waals surface area contributed by atoms with Crippen molar-refractivity contribution in [2.24, 2.45) is 0 Å². The van der Waals surface area contributed by atoms with Gasteiger partial charge in [-0.15, -0.1) is 24.8 Å². The molecule has 4 nitrogen and oxygen atoms in total. The molecule has 6 heteroatoms. The number of amides is 1. The Kier molecular flexibility index (Phi) is 7.91.